The average molecular weight is 473 g/mol. The van der Waals surface area contributed by atoms with Gasteiger partial charge in [-0.05, 0) is 42.9 Å². The molecule has 4 rings (SSSR count). The third-order valence-electron chi connectivity index (χ3n) is 6.31. The number of benzene rings is 3. The molecule has 0 saturated carbocycles. The molecule has 2 unspecified atom stereocenters. The molecule has 180 valence electrons. The van der Waals surface area contributed by atoms with E-state index in [0.29, 0.717) is 25.0 Å². The van der Waals surface area contributed by atoms with Crippen LogP contribution in [-0.4, -0.2) is 19.5 Å². The van der Waals surface area contributed by atoms with Crippen molar-refractivity contribution >= 4 is 0 Å². The fourth-order valence-electron chi connectivity index (χ4n) is 4.50. The molecule has 3 aromatic rings. The van der Waals surface area contributed by atoms with Crippen molar-refractivity contribution in [2.24, 2.45) is 0 Å². The van der Waals surface area contributed by atoms with Gasteiger partial charge in [-0.25, -0.2) is 17.6 Å². The van der Waals surface area contributed by atoms with Gasteiger partial charge in [-0.15, -0.1) is 0 Å². The van der Waals surface area contributed by atoms with Gasteiger partial charge in [0.2, 0.25) is 0 Å². The third kappa shape index (κ3) is 4.89. The van der Waals surface area contributed by atoms with Crippen LogP contribution in [-0.2, 0) is 15.9 Å². The highest BCUT2D eigenvalue weighted by Gasteiger charge is 2.28. The maximum absolute atomic E-state index is 15.0. The number of hydrogen-bond acceptors (Lipinski definition) is 2. The van der Waals surface area contributed by atoms with Crippen LogP contribution in [0.4, 0.5) is 17.6 Å². The Morgan fingerprint density at radius 1 is 0.765 bits per heavy atom. The smallest absolute Gasteiger partial charge is 0.167 e. The van der Waals surface area contributed by atoms with Crippen LogP contribution in [0.15, 0.2) is 48.5 Å². The summed E-state index contributed by atoms with van der Waals surface area (Å²) in [5, 5.41) is 0. The molecule has 0 N–H and O–H groups in total. The molecular formula is C28H28F4O2. The summed E-state index contributed by atoms with van der Waals surface area (Å²) in [4.78, 5) is 0. The van der Waals surface area contributed by atoms with E-state index in [1.165, 1.54) is 24.3 Å². The second-order valence-electron chi connectivity index (χ2n) is 8.56. The Morgan fingerprint density at radius 2 is 1.38 bits per heavy atom. The Hall–Kier alpha value is -2.70. The number of rotatable bonds is 7. The molecule has 1 fully saturated rings. The molecule has 2 atom stereocenters. The number of ether oxygens (including phenoxy) is 2. The highest BCUT2D eigenvalue weighted by molar-refractivity contribution is 5.72. The second-order valence-corrected chi connectivity index (χ2v) is 8.56. The normalized spacial score (nSPS) is 18.3. The van der Waals surface area contributed by atoms with E-state index < -0.39 is 23.3 Å². The highest BCUT2D eigenvalue weighted by atomic mass is 19.2. The van der Waals surface area contributed by atoms with Crippen molar-refractivity contribution in [3.63, 3.8) is 0 Å². The molecular weight excluding hydrogens is 444 g/mol. The van der Waals surface area contributed by atoms with Crippen molar-refractivity contribution in [2.45, 2.75) is 51.7 Å². The van der Waals surface area contributed by atoms with E-state index >= 15 is 8.78 Å². The monoisotopic (exact) mass is 472 g/mol. The van der Waals surface area contributed by atoms with E-state index in [0.717, 1.165) is 18.4 Å². The minimum absolute atomic E-state index is 0.0741. The fourth-order valence-corrected chi connectivity index (χ4v) is 4.50. The summed E-state index contributed by atoms with van der Waals surface area (Å²) >= 11 is 0. The minimum Gasteiger partial charge on any atom is -0.353 e. The maximum atomic E-state index is 15.0. The first-order valence-corrected chi connectivity index (χ1v) is 11.7. The molecule has 0 aromatic heterocycles. The fraction of sp³-hybridized carbons (Fsp3) is 0.357. The van der Waals surface area contributed by atoms with Crippen LogP contribution in [0.5, 0.6) is 0 Å². The first-order chi connectivity index (χ1) is 16.4. The molecule has 0 radical (unpaired) electrons. The first kappa shape index (κ1) is 24.4. The van der Waals surface area contributed by atoms with Gasteiger partial charge in [0, 0.05) is 29.2 Å². The van der Waals surface area contributed by atoms with Crippen LogP contribution in [0.1, 0.15) is 50.2 Å². The van der Waals surface area contributed by atoms with E-state index in [4.69, 9.17) is 9.47 Å². The van der Waals surface area contributed by atoms with Crippen LogP contribution in [0.2, 0.25) is 0 Å². The van der Waals surface area contributed by atoms with Crippen LogP contribution in [0, 0.1) is 23.3 Å². The molecule has 3 aromatic carbocycles. The minimum atomic E-state index is -1.21. The molecule has 0 bridgehead atoms. The van der Waals surface area contributed by atoms with Crippen molar-refractivity contribution in [1.82, 2.24) is 0 Å². The largest absolute Gasteiger partial charge is 0.353 e. The molecule has 6 heteroatoms. The van der Waals surface area contributed by atoms with Crippen molar-refractivity contribution in [2.75, 3.05) is 13.2 Å². The van der Waals surface area contributed by atoms with Gasteiger partial charge in [0.1, 0.15) is 0 Å². The lowest BCUT2D eigenvalue weighted by Crippen LogP contribution is -2.27. The highest BCUT2D eigenvalue weighted by Crippen LogP contribution is 2.37. The zero-order valence-electron chi connectivity index (χ0n) is 19.3. The molecule has 2 nitrogen and oxygen atoms in total. The van der Waals surface area contributed by atoms with E-state index in [9.17, 15) is 8.78 Å². The van der Waals surface area contributed by atoms with Gasteiger partial charge >= 0.3 is 0 Å². The van der Waals surface area contributed by atoms with Crippen molar-refractivity contribution in [3.05, 3.63) is 82.9 Å². The lowest BCUT2D eigenvalue weighted by molar-refractivity contribution is -0.164. The Labute approximate surface area is 197 Å². The van der Waals surface area contributed by atoms with Crippen molar-refractivity contribution < 1.29 is 27.0 Å². The Morgan fingerprint density at radius 3 is 2.00 bits per heavy atom. The van der Waals surface area contributed by atoms with Gasteiger partial charge in [-0.2, -0.15) is 0 Å². The second kappa shape index (κ2) is 10.7. The van der Waals surface area contributed by atoms with Gasteiger partial charge in [0.25, 0.3) is 0 Å². The van der Waals surface area contributed by atoms with E-state index in [1.807, 2.05) is 19.1 Å². The summed E-state index contributed by atoms with van der Waals surface area (Å²) in [6.45, 7) is 4.64. The lowest BCUT2D eigenvalue weighted by atomic mass is 9.90. The molecule has 0 amide bonds. The summed E-state index contributed by atoms with van der Waals surface area (Å²) in [5.41, 5.74) is 1.24. The summed E-state index contributed by atoms with van der Waals surface area (Å²) in [5.74, 6) is -4.88. The van der Waals surface area contributed by atoms with Crippen LogP contribution < -0.4 is 0 Å². The molecule has 0 spiro atoms. The predicted molar refractivity (Wildman–Crippen MR) is 124 cm³/mol. The third-order valence-corrected chi connectivity index (χ3v) is 6.31. The summed E-state index contributed by atoms with van der Waals surface area (Å²) in [7, 11) is 0. The lowest BCUT2D eigenvalue weighted by Gasteiger charge is -2.29. The molecule has 0 aliphatic carbocycles. The standard InChI is InChI=1S/C28H28F4O2/c1-3-5-17-6-8-18(9-7-17)20-11-13-22(27(31)25(20)29)23-14-12-21(26(30)28(23)32)19-10-15-24(33-4-2)34-16-19/h6-9,11-14,19,24H,3-5,10,15-16H2,1-2H3. The quantitative estimate of drug-likeness (QED) is 0.327. The van der Waals surface area contributed by atoms with Crippen molar-refractivity contribution in [1.29, 1.82) is 0 Å². The van der Waals surface area contributed by atoms with Gasteiger partial charge in [-0.3, -0.25) is 0 Å². The molecule has 34 heavy (non-hydrogen) atoms. The molecule has 1 heterocycles. The van der Waals surface area contributed by atoms with E-state index in [1.54, 1.807) is 12.1 Å². The molecule has 1 saturated heterocycles. The average Bonchev–Trinajstić information content (AvgIpc) is 2.85. The van der Waals surface area contributed by atoms with Crippen LogP contribution in [0.25, 0.3) is 22.3 Å². The molecule has 1 aliphatic heterocycles. The van der Waals surface area contributed by atoms with Gasteiger partial charge in [0.05, 0.1) is 6.61 Å². The van der Waals surface area contributed by atoms with Crippen molar-refractivity contribution in [3.8, 4) is 22.3 Å². The Kier molecular flexibility index (Phi) is 7.69. The zero-order chi connectivity index (χ0) is 24.2. The summed E-state index contributed by atoms with van der Waals surface area (Å²) in [6, 6.07) is 12.7. The van der Waals surface area contributed by atoms with Gasteiger partial charge < -0.3 is 9.47 Å². The topological polar surface area (TPSA) is 18.5 Å². The van der Waals surface area contributed by atoms with Crippen LogP contribution in [0.3, 0.4) is 0 Å². The van der Waals surface area contributed by atoms with E-state index in [-0.39, 0.29) is 41.1 Å². The summed E-state index contributed by atoms with van der Waals surface area (Å²) < 4.78 is 71.0. The Bertz CT molecular complexity index is 1140. The predicted octanol–water partition coefficient (Wildman–Crippen LogP) is 7.79. The first-order valence-electron chi connectivity index (χ1n) is 11.7. The molecule has 1 aliphatic rings. The number of hydrogen-bond donors (Lipinski definition) is 0. The van der Waals surface area contributed by atoms with Gasteiger partial charge in [-0.1, -0.05) is 61.9 Å². The Balaban J connectivity index is 1.61. The van der Waals surface area contributed by atoms with Gasteiger partial charge in [0.15, 0.2) is 29.6 Å². The summed E-state index contributed by atoms with van der Waals surface area (Å²) in [6.07, 6.45) is 2.69. The van der Waals surface area contributed by atoms with E-state index in [2.05, 4.69) is 6.92 Å². The SMILES string of the molecule is CCCc1ccc(-c2ccc(-c3ccc(C4CCC(OCC)OC4)c(F)c3F)c(F)c2F)cc1. The van der Waals surface area contributed by atoms with Crippen LogP contribution >= 0.6 is 0 Å². The zero-order valence-corrected chi connectivity index (χ0v) is 19.3. The number of aryl methyl sites for hydroxylation is 1. The number of halogens is 4. The maximum Gasteiger partial charge on any atom is 0.167 e.